The normalized spacial score (nSPS) is 13.2. The molecule has 4 aromatic rings. The van der Waals surface area contributed by atoms with Crippen molar-refractivity contribution in [3.8, 4) is 11.1 Å². The molecule has 0 aliphatic rings. The van der Waals surface area contributed by atoms with Crippen molar-refractivity contribution in [2.24, 2.45) is 4.36 Å². The van der Waals surface area contributed by atoms with Crippen molar-refractivity contribution in [1.82, 2.24) is 9.97 Å². The van der Waals surface area contributed by atoms with Crippen LogP contribution in [0.15, 0.2) is 76.1 Å². The van der Waals surface area contributed by atoms with Crippen LogP contribution in [-0.2, 0) is 31.9 Å². The van der Waals surface area contributed by atoms with Crippen molar-refractivity contribution in [2.75, 3.05) is 35.4 Å². The Bertz CT molecular complexity index is 1970. The van der Waals surface area contributed by atoms with Crippen molar-refractivity contribution in [2.45, 2.75) is 37.4 Å². The third kappa shape index (κ3) is 9.70. The number of nitrogens with zero attached hydrogens (tertiary/aromatic N) is 3. The first-order chi connectivity index (χ1) is 23.1. The van der Waals surface area contributed by atoms with Gasteiger partial charge in [0.15, 0.2) is 0 Å². The number of carbonyl (C=O) groups excluding carboxylic acids is 2. The molecule has 0 radical (unpaired) electrons. The van der Waals surface area contributed by atoms with E-state index >= 15 is 4.39 Å². The molecule has 1 aromatic heterocycles. The second kappa shape index (κ2) is 15.4. The maximum absolute atomic E-state index is 15.2. The zero-order chi connectivity index (χ0) is 35.9. The van der Waals surface area contributed by atoms with Gasteiger partial charge in [-0.05, 0) is 79.6 Å². The highest BCUT2D eigenvalue weighted by Crippen LogP contribution is 2.32. The summed E-state index contributed by atoms with van der Waals surface area (Å²) in [4.78, 5) is 33.2. The number of benzene rings is 3. The van der Waals surface area contributed by atoms with Crippen LogP contribution >= 0.6 is 0 Å². The number of aliphatic hydroxyl groups excluding tert-OH is 1. The van der Waals surface area contributed by atoms with Gasteiger partial charge in [0, 0.05) is 34.6 Å². The van der Waals surface area contributed by atoms with Gasteiger partial charge >= 0.3 is 12.3 Å². The Morgan fingerprint density at radius 1 is 1.04 bits per heavy atom. The van der Waals surface area contributed by atoms with E-state index in [9.17, 15) is 36.5 Å². The summed E-state index contributed by atoms with van der Waals surface area (Å²) in [6, 6.07) is 11.1. The van der Waals surface area contributed by atoms with E-state index < -0.39 is 63.1 Å². The Hall–Kier alpha value is -5.16. The summed E-state index contributed by atoms with van der Waals surface area (Å²) in [6.45, 7) is 3.09. The summed E-state index contributed by atoms with van der Waals surface area (Å²) in [5, 5.41) is 17.9. The van der Waals surface area contributed by atoms with E-state index in [2.05, 4.69) is 30.3 Å². The monoisotopic (exact) mass is 706 g/mol. The first-order valence-corrected chi connectivity index (χ1v) is 16.5. The number of aromatic nitrogens is 2. The lowest BCUT2D eigenvalue weighted by atomic mass is 10.1. The van der Waals surface area contributed by atoms with Crippen LogP contribution in [0.2, 0.25) is 0 Å². The lowest BCUT2D eigenvalue weighted by Crippen LogP contribution is -2.21. The van der Waals surface area contributed by atoms with Crippen molar-refractivity contribution >= 4 is 44.9 Å². The lowest BCUT2D eigenvalue weighted by molar-refractivity contribution is -0.137. The highest BCUT2D eigenvalue weighted by molar-refractivity contribution is 7.93. The number of nitrogens with one attached hydrogen (secondary N) is 3. The number of hydrogen-bond acceptors (Lipinski definition) is 9. The van der Waals surface area contributed by atoms with Crippen LogP contribution in [0, 0.1) is 11.6 Å². The van der Waals surface area contributed by atoms with Crippen molar-refractivity contribution in [1.29, 1.82) is 0 Å². The van der Waals surface area contributed by atoms with Gasteiger partial charge in [0.25, 0.3) is 0 Å². The van der Waals surface area contributed by atoms with Crippen LogP contribution in [0.1, 0.15) is 25.0 Å². The average molecular weight is 707 g/mol. The lowest BCUT2D eigenvalue weighted by Gasteiger charge is -2.17. The van der Waals surface area contributed by atoms with Gasteiger partial charge in [-0.1, -0.05) is 6.07 Å². The fourth-order valence-corrected chi connectivity index (χ4v) is 5.43. The van der Waals surface area contributed by atoms with Crippen molar-refractivity contribution < 1.29 is 45.6 Å². The van der Waals surface area contributed by atoms with Gasteiger partial charge in [-0.25, -0.2) is 22.8 Å². The number of halogens is 5. The van der Waals surface area contributed by atoms with Gasteiger partial charge < -0.3 is 25.8 Å². The molecular formula is C32H31F5N6O5S. The summed E-state index contributed by atoms with van der Waals surface area (Å²) in [5.41, 5.74) is -0.857. The molecule has 4 rings (SSSR count). The number of anilines is 4. The van der Waals surface area contributed by atoms with Gasteiger partial charge in [-0.15, -0.1) is 4.36 Å². The molecule has 49 heavy (non-hydrogen) atoms. The van der Waals surface area contributed by atoms with Crippen LogP contribution in [0.5, 0.6) is 0 Å². The number of ether oxygens (including phenoxy) is 1. The Balaban J connectivity index is 1.54. The van der Waals surface area contributed by atoms with Crippen LogP contribution < -0.4 is 16.0 Å². The summed E-state index contributed by atoms with van der Waals surface area (Å²) >= 11 is 0. The Morgan fingerprint density at radius 2 is 1.76 bits per heavy atom. The van der Waals surface area contributed by atoms with Gasteiger partial charge in [-0.2, -0.15) is 18.2 Å². The first kappa shape index (κ1) is 36.7. The summed E-state index contributed by atoms with van der Waals surface area (Å²) in [5.74, 6) is -2.55. The highest BCUT2D eigenvalue weighted by atomic mass is 32.2. The topological polar surface area (TPSA) is 155 Å². The van der Waals surface area contributed by atoms with Gasteiger partial charge in [0.05, 0.1) is 40.6 Å². The summed E-state index contributed by atoms with van der Waals surface area (Å²) < 4.78 is 89.6. The molecule has 0 bridgehead atoms. The number of hydrogen-bond donors (Lipinski definition) is 4. The molecule has 2 atom stereocenters. The summed E-state index contributed by atoms with van der Waals surface area (Å²) in [6.07, 6.45) is -3.75. The third-order valence-electron chi connectivity index (χ3n) is 6.79. The van der Waals surface area contributed by atoms with Crippen LogP contribution in [0.3, 0.4) is 0 Å². The molecule has 3 aromatic carbocycles. The molecule has 0 fully saturated rings. The second-order valence-electron chi connectivity index (χ2n) is 10.6. The molecule has 0 saturated heterocycles. The number of alkyl halides is 3. The smallest absolute Gasteiger partial charge is 0.442 e. The minimum absolute atomic E-state index is 0.0876. The van der Waals surface area contributed by atoms with Crippen LogP contribution in [0.25, 0.3) is 11.1 Å². The molecule has 0 saturated carbocycles. The van der Waals surface area contributed by atoms with Crippen molar-refractivity contribution in [3.05, 3.63) is 89.6 Å². The van der Waals surface area contributed by atoms with E-state index in [4.69, 9.17) is 4.74 Å². The van der Waals surface area contributed by atoms with Gasteiger partial charge in [0.1, 0.15) is 17.5 Å². The average Bonchev–Trinajstić information content (AvgIpc) is 3.03. The summed E-state index contributed by atoms with van der Waals surface area (Å²) in [7, 11) is -3.07. The van der Waals surface area contributed by atoms with E-state index in [1.54, 1.807) is 26.0 Å². The maximum atomic E-state index is 15.2. The number of carbonyl (C=O) groups is 2. The molecule has 17 heteroatoms. The van der Waals surface area contributed by atoms with E-state index in [0.717, 1.165) is 6.07 Å². The molecule has 11 nitrogen and oxygen atoms in total. The molecule has 2 unspecified atom stereocenters. The standard InChI is InChI=1S/C32H31F5N6O5S/c1-4-48-31(46)43-49(3,47)23-9-7-22(8-10-23)40-30-38-16-24(29(42-30)39-18(2)17-44)19-5-12-27(26(34)14-19)41-28(45)15-20-13-21(32(35,36)37)6-11-25(20)33/h5-14,16,18,44H,4,15,17H2,1-3H3,(H,41,45)(H2,38,39,40,42). The first-order valence-electron chi connectivity index (χ1n) is 14.6. The van der Waals surface area contributed by atoms with E-state index in [1.807, 2.05) is 0 Å². The van der Waals surface area contributed by atoms with Gasteiger partial charge in [0.2, 0.25) is 11.9 Å². The molecule has 260 valence electrons. The Morgan fingerprint density at radius 3 is 2.39 bits per heavy atom. The van der Waals surface area contributed by atoms with Crippen molar-refractivity contribution in [3.63, 3.8) is 0 Å². The molecule has 0 aliphatic carbocycles. The fourth-order valence-electron chi connectivity index (χ4n) is 4.34. The quantitative estimate of drug-likeness (QED) is 0.124. The largest absolute Gasteiger partial charge is 0.448 e. The number of amides is 2. The minimum Gasteiger partial charge on any atom is -0.448 e. The Labute approximate surface area is 278 Å². The molecule has 2 amide bonds. The van der Waals surface area contributed by atoms with Crippen LogP contribution in [0.4, 0.5) is 49.9 Å². The zero-order valence-corrected chi connectivity index (χ0v) is 27.1. The SMILES string of the molecule is CCOC(=O)N=S(C)(=O)c1ccc(Nc2ncc(-c3ccc(NC(=O)Cc4cc(C(F)(F)F)ccc4F)c(F)c3)c(NC(C)CO)n2)cc1. The van der Waals surface area contributed by atoms with E-state index in [-0.39, 0.29) is 41.1 Å². The second-order valence-corrected chi connectivity index (χ2v) is 12.9. The van der Waals surface area contributed by atoms with Crippen LogP contribution in [-0.4, -0.2) is 56.8 Å². The Kier molecular flexibility index (Phi) is 11.5. The molecular weight excluding hydrogens is 675 g/mol. The highest BCUT2D eigenvalue weighted by Gasteiger charge is 2.31. The van der Waals surface area contributed by atoms with E-state index in [1.165, 1.54) is 36.7 Å². The predicted octanol–water partition coefficient (Wildman–Crippen LogP) is 6.77. The molecule has 1 heterocycles. The zero-order valence-electron chi connectivity index (χ0n) is 26.3. The molecule has 0 aliphatic heterocycles. The van der Waals surface area contributed by atoms with E-state index in [0.29, 0.717) is 29.4 Å². The van der Waals surface area contributed by atoms with Gasteiger partial charge in [-0.3, -0.25) is 4.79 Å². The minimum atomic E-state index is -4.74. The number of aliphatic hydroxyl groups is 1. The third-order valence-corrected chi connectivity index (χ3v) is 8.43. The molecule has 0 spiro atoms. The maximum Gasteiger partial charge on any atom is 0.442 e. The molecule has 4 N–H and O–H groups in total. The number of rotatable bonds is 11. The fraction of sp³-hybridized carbons (Fsp3) is 0.250. The predicted molar refractivity (Wildman–Crippen MR) is 173 cm³/mol.